The quantitative estimate of drug-likeness (QED) is 0.789. The van der Waals surface area contributed by atoms with E-state index in [1.54, 1.807) is 13.0 Å². The molecular weight excluding hydrogens is 330 g/mol. The molecule has 0 unspecified atom stereocenters. The van der Waals surface area contributed by atoms with Gasteiger partial charge >= 0.3 is 5.97 Å². The Morgan fingerprint density at radius 2 is 2.00 bits per heavy atom. The van der Waals surface area contributed by atoms with E-state index in [4.69, 9.17) is 4.74 Å². The number of carbonyl (C=O) groups excluding carboxylic acids is 1. The fourth-order valence-electron chi connectivity index (χ4n) is 2.06. The molecule has 0 amide bonds. The maximum atomic E-state index is 11.7. The SMILES string of the molecule is CCOC(=O)c1cccc(N[C@@H](C)c2cccc(Br)c2)c1. The maximum Gasteiger partial charge on any atom is 0.338 e. The fourth-order valence-corrected chi connectivity index (χ4v) is 2.48. The van der Waals surface area contributed by atoms with Gasteiger partial charge in [0, 0.05) is 16.2 Å². The minimum atomic E-state index is -0.295. The Bertz CT molecular complexity index is 628. The van der Waals surface area contributed by atoms with E-state index in [1.807, 2.05) is 30.3 Å². The minimum absolute atomic E-state index is 0.139. The van der Waals surface area contributed by atoms with Crippen molar-refractivity contribution in [1.29, 1.82) is 0 Å². The molecule has 1 atom stereocenters. The molecule has 21 heavy (non-hydrogen) atoms. The molecule has 0 aliphatic rings. The zero-order valence-electron chi connectivity index (χ0n) is 12.1. The third-order valence-corrected chi connectivity index (χ3v) is 3.60. The van der Waals surface area contributed by atoms with Gasteiger partial charge in [0.2, 0.25) is 0 Å². The van der Waals surface area contributed by atoms with Crippen molar-refractivity contribution in [2.75, 3.05) is 11.9 Å². The van der Waals surface area contributed by atoms with E-state index in [0.717, 1.165) is 10.2 Å². The van der Waals surface area contributed by atoms with Crippen LogP contribution in [-0.2, 0) is 4.74 Å². The highest BCUT2D eigenvalue weighted by Gasteiger charge is 2.09. The molecule has 2 aromatic carbocycles. The largest absolute Gasteiger partial charge is 0.462 e. The Kier molecular flexibility index (Phi) is 5.39. The lowest BCUT2D eigenvalue weighted by atomic mass is 10.1. The van der Waals surface area contributed by atoms with Crippen LogP contribution in [0.3, 0.4) is 0 Å². The Balaban J connectivity index is 2.12. The number of benzene rings is 2. The molecule has 2 aromatic rings. The Morgan fingerprint density at radius 3 is 2.71 bits per heavy atom. The normalized spacial score (nSPS) is 11.8. The van der Waals surface area contributed by atoms with Gasteiger partial charge in [-0.15, -0.1) is 0 Å². The molecule has 0 heterocycles. The molecular formula is C17H18BrNO2. The Morgan fingerprint density at radius 1 is 1.24 bits per heavy atom. The van der Waals surface area contributed by atoms with Gasteiger partial charge in [0.05, 0.1) is 12.2 Å². The number of rotatable bonds is 5. The first-order chi connectivity index (χ1) is 10.1. The standard InChI is InChI=1S/C17H18BrNO2/c1-3-21-17(20)14-7-5-9-16(11-14)19-12(2)13-6-4-8-15(18)10-13/h4-12,19H,3H2,1-2H3/t12-/m0/s1. The van der Waals surface area contributed by atoms with Gasteiger partial charge in [-0.1, -0.05) is 34.1 Å². The summed E-state index contributed by atoms with van der Waals surface area (Å²) in [6.07, 6.45) is 0. The van der Waals surface area contributed by atoms with Crippen LogP contribution in [0.2, 0.25) is 0 Å². The molecule has 2 rings (SSSR count). The average Bonchev–Trinajstić information content (AvgIpc) is 2.48. The first-order valence-electron chi connectivity index (χ1n) is 6.89. The van der Waals surface area contributed by atoms with Crippen molar-refractivity contribution in [3.63, 3.8) is 0 Å². The van der Waals surface area contributed by atoms with E-state index >= 15 is 0 Å². The van der Waals surface area contributed by atoms with Gasteiger partial charge in [-0.25, -0.2) is 4.79 Å². The van der Waals surface area contributed by atoms with Crippen molar-refractivity contribution in [2.24, 2.45) is 0 Å². The van der Waals surface area contributed by atoms with Crippen LogP contribution in [0.25, 0.3) is 0 Å². The minimum Gasteiger partial charge on any atom is -0.462 e. The number of hydrogen-bond donors (Lipinski definition) is 1. The number of ether oxygens (including phenoxy) is 1. The highest BCUT2D eigenvalue weighted by molar-refractivity contribution is 9.10. The summed E-state index contributed by atoms with van der Waals surface area (Å²) in [4.78, 5) is 11.7. The molecule has 1 N–H and O–H groups in total. The summed E-state index contributed by atoms with van der Waals surface area (Å²) in [6, 6.07) is 15.6. The van der Waals surface area contributed by atoms with Crippen molar-refractivity contribution in [1.82, 2.24) is 0 Å². The summed E-state index contributed by atoms with van der Waals surface area (Å²) in [5, 5.41) is 3.39. The molecule has 110 valence electrons. The third-order valence-electron chi connectivity index (χ3n) is 3.11. The smallest absolute Gasteiger partial charge is 0.338 e. The predicted molar refractivity (Wildman–Crippen MR) is 88.6 cm³/mol. The van der Waals surface area contributed by atoms with Crippen molar-refractivity contribution >= 4 is 27.6 Å². The van der Waals surface area contributed by atoms with Crippen LogP contribution in [0.5, 0.6) is 0 Å². The number of nitrogens with one attached hydrogen (secondary N) is 1. The highest BCUT2D eigenvalue weighted by atomic mass is 79.9. The van der Waals surface area contributed by atoms with Crippen LogP contribution in [0.1, 0.15) is 35.8 Å². The summed E-state index contributed by atoms with van der Waals surface area (Å²) in [5.74, 6) is -0.295. The van der Waals surface area contributed by atoms with Crippen molar-refractivity contribution in [3.8, 4) is 0 Å². The molecule has 0 saturated carbocycles. The molecule has 0 bridgehead atoms. The van der Waals surface area contributed by atoms with Crippen LogP contribution in [0.4, 0.5) is 5.69 Å². The second-order valence-corrected chi connectivity index (χ2v) is 5.64. The molecule has 0 radical (unpaired) electrons. The van der Waals surface area contributed by atoms with Gasteiger partial charge in [0.1, 0.15) is 0 Å². The van der Waals surface area contributed by atoms with E-state index in [1.165, 1.54) is 5.56 Å². The number of hydrogen-bond acceptors (Lipinski definition) is 3. The second kappa shape index (κ2) is 7.27. The van der Waals surface area contributed by atoms with Crippen molar-refractivity contribution in [2.45, 2.75) is 19.9 Å². The summed E-state index contributed by atoms with van der Waals surface area (Å²) in [6.45, 7) is 4.26. The molecule has 0 aliphatic carbocycles. The van der Waals surface area contributed by atoms with Gasteiger partial charge in [-0.05, 0) is 49.7 Å². The van der Waals surface area contributed by atoms with Crippen LogP contribution in [-0.4, -0.2) is 12.6 Å². The van der Waals surface area contributed by atoms with E-state index in [2.05, 4.69) is 40.3 Å². The predicted octanol–water partition coefficient (Wildman–Crippen LogP) is 4.80. The van der Waals surface area contributed by atoms with Crippen molar-refractivity contribution in [3.05, 3.63) is 64.1 Å². The van der Waals surface area contributed by atoms with E-state index < -0.39 is 0 Å². The molecule has 0 fully saturated rings. The second-order valence-electron chi connectivity index (χ2n) is 4.72. The number of halogens is 1. The molecule has 4 heteroatoms. The van der Waals surface area contributed by atoms with Gasteiger partial charge < -0.3 is 10.1 Å². The lowest BCUT2D eigenvalue weighted by Crippen LogP contribution is -2.08. The highest BCUT2D eigenvalue weighted by Crippen LogP contribution is 2.22. The summed E-state index contributed by atoms with van der Waals surface area (Å²) in [5.41, 5.74) is 2.63. The van der Waals surface area contributed by atoms with Gasteiger partial charge in [-0.3, -0.25) is 0 Å². The van der Waals surface area contributed by atoms with Crippen LogP contribution in [0.15, 0.2) is 53.0 Å². The van der Waals surface area contributed by atoms with Gasteiger partial charge in [0.15, 0.2) is 0 Å². The van der Waals surface area contributed by atoms with Crippen LogP contribution < -0.4 is 5.32 Å². The fraction of sp³-hybridized carbons (Fsp3) is 0.235. The van der Waals surface area contributed by atoms with E-state index in [-0.39, 0.29) is 12.0 Å². The average molecular weight is 348 g/mol. The monoisotopic (exact) mass is 347 g/mol. The number of carbonyl (C=O) groups is 1. The van der Waals surface area contributed by atoms with E-state index in [0.29, 0.717) is 12.2 Å². The third kappa shape index (κ3) is 4.33. The van der Waals surface area contributed by atoms with E-state index in [9.17, 15) is 4.79 Å². The number of anilines is 1. The van der Waals surface area contributed by atoms with Gasteiger partial charge in [0.25, 0.3) is 0 Å². The molecule has 0 aromatic heterocycles. The summed E-state index contributed by atoms with van der Waals surface area (Å²) >= 11 is 3.47. The Labute approximate surface area is 133 Å². The zero-order chi connectivity index (χ0) is 15.2. The maximum absolute atomic E-state index is 11.7. The van der Waals surface area contributed by atoms with Gasteiger partial charge in [-0.2, -0.15) is 0 Å². The number of esters is 1. The lowest BCUT2D eigenvalue weighted by molar-refractivity contribution is 0.0526. The molecule has 0 saturated heterocycles. The van der Waals surface area contributed by atoms with Crippen LogP contribution in [0, 0.1) is 0 Å². The molecule has 0 spiro atoms. The Hall–Kier alpha value is -1.81. The first-order valence-corrected chi connectivity index (χ1v) is 7.68. The zero-order valence-corrected chi connectivity index (χ0v) is 13.7. The lowest BCUT2D eigenvalue weighted by Gasteiger charge is -2.16. The van der Waals surface area contributed by atoms with Crippen molar-refractivity contribution < 1.29 is 9.53 Å². The van der Waals surface area contributed by atoms with Crippen LogP contribution >= 0.6 is 15.9 Å². The summed E-state index contributed by atoms with van der Waals surface area (Å²) in [7, 11) is 0. The topological polar surface area (TPSA) is 38.3 Å². The first kappa shape index (κ1) is 15.6. The summed E-state index contributed by atoms with van der Waals surface area (Å²) < 4.78 is 6.07. The molecule has 3 nitrogen and oxygen atoms in total. The molecule has 0 aliphatic heterocycles.